The maximum absolute atomic E-state index is 11.6. The Morgan fingerprint density at radius 2 is 2.05 bits per heavy atom. The second-order valence-electron chi connectivity index (χ2n) is 3.72. The summed E-state index contributed by atoms with van der Waals surface area (Å²) in [4.78, 5) is 23.2. The minimum absolute atomic E-state index is 0.135. The summed E-state index contributed by atoms with van der Waals surface area (Å²) in [6.07, 6.45) is 0. The van der Waals surface area contributed by atoms with E-state index in [2.05, 4.69) is 0 Å². The molecule has 0 radical (unpaired) electrons. The molecule has 1 aromatic carbocycles. The molecule has 0 aliphatic carbocycles. The van der Waals surface area contributed by atoms with Crippen molar-refractivity contribution < 1.29 is 13.9 Å². The Hall–Kier alpha value is -2.07. The number of hydrogen-bond acceptors (Lipinski definition) is 4. The first-order valence-corrected chi connectivity index (χ1v) is 6.07. The number of carbonyl (C=O) groups is 1. The SMILES string of the molecule is CCOC(=O)c1cc(=O)cc(-c2ccccc2Cl)o1. The van der Waals surface area contributed by atoms with Gasteiger partial charge in [-0.25, -0.2) is 4.79 Å². The molecule has 0 atom stereocenters. The van der Waals surface area contributed by atoms with E-state index in [9.17, 15) is 9.59 Å². The van der Waals surface area contributed by atoms with Gasteiger partial charge in [0, 0.05) is 17.7 Å². The van der Waals surface area contributed by atoms with Gasteiger partial charge in [-0.3, -0.25) is 4.79 Å². The van der Waals surface area contributed by atoms with Crippen molar-refractivity contribution in [2.24, 2.45) is 0 Å². The molecule has 0 fully saturated rings. The molecule has 0 unspecified atom stereocenters. The Balaban J connectivity index is 2.51. The molecule has 0 N–H and O–H groups in total. The molecule has 98 valence electrons. The van der Waals surface area contributed by atoms with Crippen LogP contribution in [0.5, 0.6) is 0 Å². The van der Waals surface area contributed by atoms with Crippen LogP contribution < -0.4 is 5.43 Å². The third-order valence-corrected chi connectivity index (χ3v) is 2.71. The number of benzene rings is 1. The highest BCUT2D eigenvalue weighted by Gasteiger charge is 2.14. The van der Waals surface area contributed by atoms with Gasteiger partial charge in [0.15, 0.2) is 5.43 Å². The Morgan fingerprint density at radius 3 is 2.74 bits per heavy atom. The number of esters is 1. The van der Waals surface area contributed by atoms with Crippen molar-refractivity contribution in [2.45, 2.75) is 6.92 Å². The lowest BCUT2D eigenvalue weighted by atomic mass is 10.1. The zero-order chi connectivity index (χ0) is 13.8. The largest absolute Gasteiger partial charge is 0.460 e. The molecule has 4 nitrogen and oxygen atoms in total. The first kappa shape index (κ1) is 13.4. The topological polar surface area (TPSA) is 56.5 Å². The summed E-state index contributed by atoms with van der Waals surface area (Å²) in [6.45, 7) is 1.88. The van der Waals surface area contributed by atoms with Crippen molar-refractivity contribution in [3.8, 4) is 11.3 Å². The molecule has 0 bridgehead atoms. The normalized spacial score (nSPS) is 10.2. The van der Waals surface area contributed by atoms with Crippen LogP contribution in [-0.2, 0) is 4.74 Å². The summed E-state index contributed by atoms with van der Waals surface area (Å²) in [5.74, 6) is -0.570. The average molecular weight is 279 g/mol. The molecule has 0 saturated heterocycles. The van der Waals surface area contributed by atoms with E-state index in [1.807, 2.05) is 0 Å². The van der Waals surface area contributed by atoms with Crippen LogP contribution in [0.1, 0.15) is 17.5 Å². The minimum Gasteiger partial charge on any atom is -0.460 e. The van der Waals surface area contributed by atoms with Gasteiger partial charge in [-0.05, 0) is 19.1 Å². The van der Waals surface area contributed by atoms with E-state index in [1.54, 1.807) is 31.2 Å². The van der Waals surface area contributed by atoms with Crippen LogP contribution in [0, 0.1) is 0 Å². The molecule has 19 heavy (non-hydrogen) atoms. The highest BCUT2D eigenvalue weighted by atomic mass is 35.5. The summed E-state index contributed by atoms with van der Waals surface area (Å²) in [5.41, 5.74) is 0.205. The van der Waals surface area contributed by atoms with Crippen molar-refractivity contribution in [3.63, 3.8) is 0 Å². The van der Waals surface area contributed by atoms with Crippen LogP contribution >= 0.6 is 11.6 Å². The number of ether oxygens (including phenoxy) is 1. The van der Waals surface area contributed by atoms with E-state index in [-0.39, 0.29) is 23.6 Å². The highest BCUT2D eigenvalue weighted by molar-refractivity contribution is 6.33. The molecule has 0 amide bonds. The molecular weight excluding hydrogens is 268 g/mol. The fraction of sp³-hybridized carbons (Fsp3) is 0.143. The van der Waals surface area contributed by atoms with Crippen molar-refractivity contribution in [1.82, 2.24) is 0 Å². The first-order chi connectivity index (χ1) is 9.11. The summed E-state index contributed by atoms with van der Waals surface area (Å²) >= 11 is 6.03. The number of hydrogen-bond donors (Lipinski definition) is 0. The van der Waals surface area contributed by atoms with Crippen LogP contribution in [0.25, 0.3) is 11.3 Å². The number of rotatable bonds is 3. The third-order valence-electron chi connectivity index (χ3n) is 2.38. The van der Waals surface area contributed by atoms with Gasteiger partial charge < -0.3 is 9.15 Å². The molecule has 1 heterocycles. The highest BCUT2D eigenvalue weighted by Crippen LogP contribution is 2.27. The van der Waals surface area contributed by atoms with Crippen molar-refractivity contribution in [3.05, 3.63) is 57.4 Å². The quantitative estimate of drug-likeness (QED) is 0.810. The number of halogens is 1. The second-order valence-corrected chi connectivity index (χ2v) is 4.13. The molecule has 0 spiro atoms. The predicted molar refractivity (Wildman–Crippen MR) is 71.4 cm³/mol. The molecule has 2 aromatic rings. The van der Waals surface area contributed by atoms with Crippen LogP contribution in [0.2, 0.25) is 5.02 Å². The van der Waals surface area contributed by atoms with E-state index < -0.39 is 5.97 Å². The summed E-state index contributed by atoms with van der Waals surface area (Å²) in [5, 5.41) is 0.437. The molecule has 2 rings (SSSR count). The lowest BCUT2D eigenvalue weighted by molar-refractivity contribution is 0.0488. The fourth-order valence-electron chi connectivity index (χ4n) is 1.57. The van der Waals surface area contributed by atoms with E-state index >= 15 is 0 Å². The van der Waals surface area contributed by atoms with Crippen LogP contribution in [0.15, 0.2) is 45.6 Å². The number of carbonyl (C=O) groups excluding carboxylic acids is 1. The standard InChI is InChI=1S/C14H11ClO4/c1-2-18-14(17)13-8-9(16)7-12(19-13)10-5-3-4-6-11(10)15/h3-8H,2H2,1H3. The Kier molecular flexibility index (Phi) is 4.02. The summed E-state index contributed by atoms with van der Waals surface area (Å²) < 4.78 is 10.2. The zero-order valence-electron chi connectivity index (χ0n) is 10.2. The monoisotopic (exact) mass is 278 g/mol. The van der Waals surface area contributed by atoms with Crippen LogP contribution in [-0.4, -0.2) is 12.6 Å². The summed E-state index contributed by atoms with van der Waals surface area (Å²) in [7, 11) is 0. The Morgan fingerprint density at radius 1 is 1.32 bits per heavy atom. The van der Waals surface area contributed by atoms with Crippen molar-refractivity contribution in [1.29, 1.82) is 0 Å². The van der Waals surface area contributed by atoms with E-state index in [0.717, 1.165) is 6.07 Å². The van der Waals surface area contributed by atoms with Gasteiger partial charge in [-0.1, -0.05) is 23.7 Å². The van der Waals surface area contributed by atoms with E-state index in [1.165, 1.54) is 6.07 Å². The molecule has 5 heteroatoms. The van der Waals surface area contributed by atoms with Gasteiger partial charge in [0.1, 0.15) is 5.76 Å². The summed E-state index contributed by atoms with van der Waals surface area (Å²) in [6, 6.07) is 9.28. The average Bonchev–Trinajstić information content (AvgIpc) is 2.39. The minimum atomic E-state index is -0.673. The van der Waals surface area contributed by atoms with Gasteiger partial charge >= 0.3 is 5.97 Å². The fourth-order valence-corrected chi connectivity index (χ4v) is 1.80. The maximum Gasteiger partial charge on any atom is 0.374 e. The van der Waals surface area contributed by atoms with Gasteiger partial charge in [-0.2, -0.15) is 0 Å². The van der Waals surface area contributed by atoms with Crippen molar-refractivity contribution >= 4 is 17.6 Å². The maximum atomic E-state index is 11.6. The van der Waals surface area contributed by atoms with Gasteiger partial charge in [0.25, 0.3) is 0 Å². The molecular formula is C14H11ClO4. The smallest absolute Gasteiger partial charge is 0.374 e. The predicted octanol–water partition coefficient (Wildman–Crippen LogP) is 3.14. The van der Waals surface area contributed by atoms with Crippen LogP contribution in [0.4, 0.5) is 0 Å². The molecule has 0 aliphatic rings. The lowest BCUT2D eigenvalue weighted by Gasteiger charge is -2.05. The van der Waals surface area contributed by atoms with Gasteiger partial charge in [0.05, 0.1) is 11.6 Å². The van der Waals surface area contributed by atoms with Crippen molar-refractivity contribution in [2.75, 3.05) is 6.61 Å². The van der Waals surface area contributed by atoms with Crippen LogP contribution in [0.3, 0.4) is 0 Å². The van der Waals surface area contributed by atoms with E-state index in [4.69, 9.17) is 20.8 Å². The lowest BCUT2D eigenvalue weighted by Crippen LogP contribution is -2.09. The first-order valence-electron chi connectivity index (χ1n) is 5.69. The molecule has 1 aromatic heterocycles. The van der Waals surface area contributed by atoms with Gasteiger partial charge in [0.2, 0.25) is 5.76 Å². The second kappa shape index (κ2) is 5.71. The Bertz CT molecular complexity index is 660. The molecule has 0 saturated carbocycles. The Labute approximate surface area is 114 Å². The molecule has 0 aliphatic heterocycles. The zero-order valence-corrected chi connectivity index (χ0v) is 10.9. The van der Waals surface area contributed by atoms with Gasteiger partial charge in [-0.15, -0.1) is 0 Å². The van der Waals surface area contributed by atoms with E-state index in [0.29, 0.717) is 10.6 Å². The third kappa shape index (κ3) is 3.03.